The van der Waals surface area contributed by atoms with Crippen LogP contribution in [0.1, 0.15) is 117 Å². The molecule has 1 unspecified atom stereocenters. The van der Waals surface area contributed by atoms with Crippen molar-refractivity contribution in [1.29, 1.82) is 0 Å². The second-order valence-electron chi connectivity index (χ2n) is 7.98. The van der Waals surface area contributed by atoms with Gasteiger partial charge in [-0.3, -0.25) is 4.90 Å². The molecule has 0 spiro atoms. The average Bonchev–Trinajstić information content (AvgIpc) is 2.65. The highest BCUT2D eigenvalue weighted by molar-refractivity contribution is 4.55. The van der Waals surface area contributed by atoms with E-state index in [2.05, 4.69) is 25.8 Å². The number of hydrogen-bond acceptors (Lipinski definition) is 3. The first-order valence-electron chi connectivity index (χ1n) is 11.6. The predicted octanol–water partition coefficient (Wildman–Crippen LogP) is 6.53. The molecule has 0 aromatic heterocycles. The third-order valence-corrected chi connectivity index (χ3v) is 5.44. The number of unbranched alkanes of at least 4 members (excludes halogenated alkanes) is 15. The van der Waals surface area contributed by atoms with Crippen LogP contribution < -0.4 is 0 Å². The molecule has 0 aromatic rings. The summed E-state index contributed by atoms with van der Waals surface area (Å²) in [6.45, 7) is 5.98. The first-order valence-corrected chi connectivity index (χ1v) is 11.6. The standard InChI is InChI=1S/C23H49NO2/c1-4-5-6-7-8-9-10-11-12-13-14-15-16-17-18-19-20-24(3)23(2)26-22-21-25/h23,25H,4-22H2,1-3H3. The Hall–Kier alpha value is -0.120. The highest BCUT2D eigenvalue weighted by Gasteiger charge is 2.07. The maximum Gasteiger partial charge on any atom is 0.107 e. The highest BCUT2D eigenvalue weighted by atomic mass is 16.5. The summed E-state index contributed by atoms with van der Waals surface area (Å²) in [5, 5.41) is 8.78. The van der Waals surface area contributed by atoms with Crippen molar-refractivity contribution < 1.29 is 9.84 Å². The molecule has 0 saturated heterocycles. The molecule has 3 nitrogen and oxygen atoms in total. The summed E-state index contributed by atoms with van der Waals surface area (Å²) in [5.74, 6) is 0. The Morgan fingerprint density at radius 2 is 1.08 bits per heavy atom. The van der Waals surface area contributed by atoms with E-state index in [9.17, 15) is 0 Å². The largest absolute Gasteiger partial charge is 0.394 e. The van der Waals surface area contributed by atoms with Gasteiger partial charge in [-0.1, -0.05) is 103 Å². The van der Waals surface area contributed by atoms with Gasteiger partial charge in [0.2, 0.25) is 0 Å². The van der Waals surface area contributed by atoms with E-state index >= 15 is 0 Å². The number of aliphatic hydroxyl groups excluding tert-OH is 1. The Bertz CT molecular complexity index is 261. The molecule has 0 fully saturated rings. The minimum Gasteiger partial charge on any atom is -0.394 e. The second kappa shape index (κ2) is 21.2. The lowest BCUT2D eigenvalue weighted by Crippen LogP contribution is -2.33. The Balaban J connectivity index is 3.15. The maximum absolute atomic E-state index is 8.78. The number of nitrogens with zero attached hydrogens (tertiary/aromatic N) is 1. The van der Waals surface area contributed by atoms with Crippen molar-refractivity contribution >= 4 is 0 Å². The van der Waals surface area contributed by atoms with Crippen molar-refractivity contribution in [2.45, 2.75) is 123 Å². The molecule has 1 N–H and O–H groups in total. The summed E-state index contributed by atoms with van der Waals surface area (Å²) in [6, 6.07) is 0. The molecular weight excluding hydrogens is 322 g/mol. The molecule has 3 heteroatoms. The van der Waals surface area contributed by atoms with E-state index in [1.165, 1.54) is 103 Å². The van der Waals surface area contributed by atoms with Gasteiger partial charge >= 0.3 is 0 Å². The Morgan fingerprint density at radius 3 is 1.46 bits per heavy atom. The normalized spacial score (nSPS) is 12.8. The van der Waals surface area contributed by atoms with Crippen molar-refractivity contribution in [3.05, 3.63) is 0 Å². The lowest BCUT2D eigenvalue weighted by atomic mass is 10.0. The molecule has 158 valence electrons. The third-order valence-electron chi connectivity index (χ3n) is 5.44. The van der Waals surface area contributed by atoms with E-state index in [0.29, 0.717) is 6.61 Å². The topological polar surface area (TPSA) is 32.7 Å². The van der Waals surface area contributed by atoms with Gasteiger partial charge in [-0.25, -0.2) is 0 Å². The average molecular weight is 372 g/mol. The molecule has 0 amide bonds. The minimum absolute atomic E-state index is 0.108. The lowest BCUT2D eigenvalue weighted by Gasteiger charge is -2.24. The van der Waals surface area contributed by atoms with Crippen molar-refractivity contribution in [1.82, 2.24) is 4.90 Å². The van der Waals surface area contributed by atoms with Crippen LogP contribution in [0.3, 0.4) is 0 Å². The number of hydrogen-bond donors (Lipinski definition) is 1. The van der Waals surface area contributed by atoms with Gasteiger partial charge in [0.05, 0.1) is 13.2 Å². The number of aliphatic hydroxyl groups is 1. The monoisotopic (exact) mass is 371 g/mol. The SMILES string of the molecule is CCCCCCCCCCCCCCCCCCN(C)C(C)OCCO. The summed E-state index contributed by atoms with van der Waals surface area (Å²) in [5.41, 5.74) is 0. The molecule has 0 saturated carbocycles. The van der Waals surface area contributed by atoms with Crippen molar-refractivity contribution in [3.63, 3.8) is 0 Å². The lowest BCUT2D eigenvalue weighted by molar-refractivity contribution is -0.0469. The first kappa shape index (κ1) is 25.9. The van der Waals surface area contributed by atoms with E-state index in [1.807, 2.05) is 0 Å². The third kappa shape index (κ3) is 18.7. The fourth-order valence-corrected chi connectivity index (χ4v) is 3.44. The number of rotatable bonds is 21. The van der Waals surface area contributed by atoms with Gasteiger partial charge in [0.15, 0.2) is 0 Å². The molecule has 1 atom stereocenters. The van der Waals surface area contributed by atoms with E-state index in [4.69, 9.17) is 9.84 Å². The van der Waals surface area contributed by atoms with E-state index in [0.717, 1.165) is 6.54 Å². The number of ether oxygens (including phenoxy) is 1. The van der Waals surface area contributed by atoms with Crippen LogP contribution in [0.5, 0.6) is 0 Å². The molecule has 0 aliphatic rings. The summed E-state index contributed by atoms with van der Waals surface area (Å²) in [6.07, 6.45) is 22.7. The zero-order chi connectivity index (χ0) is 19.3. The molecule has 0 aliphatic heterocycles. The Kier molecular flexibility index (Phi) is 21.1. The van der Waals surface area contributed by atoms with Gasteiger partial charge in [-0.15, -0.1) is 0 Å². The Morgan fingerprint density at radius 1 is 0.692 bits per heavy atom. The summed E-state index contributed by atoms with van der Waals surface area (Å²) in [7, 11) is 2.10. The molecular formula is C23H49NO2. The fourth-order valence-electron chi connectivity index (χ4n) is 3.44. The van der Waals surface area contributed by atoms with Crippen LogP contribution in [0, 0.1) is 0 Å². The zero-order valence-corrected chi connectivity index (χ0v) is 18.3. The molecule has 0 bridgehead atoms. The van der Waals surface area contributed by atoms with Gasteiger partial charge in [-0.2, -0.15) is 0 Å². The quantitative estimate of drug-likeness (QED) is 0.184. The highest BCUT2D eigenvalue weighted by Crippen LogP contribution is 2.14. The first-order chi connectivity index (χ1) is 12.7. The molecule has 0 rings (SSSR count). The van der Waals surface area contributed by atoms with Gasteiger partial charge in [0, 0.05) is 6.54 Å². The molecule has 0 aromatic carbocycles. The fraction of sp³-hybridized carbons (Fsp3) is 1.00. The van der Waals surface area contributed by atoms with Crippen molar-refractivity contribution in [2.24, 2.45) is 0 Å². The van der Waals surface area contributed by atoms with Gasteiger partial charge < -0.3 is 9.84 Å². The van der Waals surface area contributed by atoms with Crippen LogP contribution in [0.25, 0.3) is 0 Å². The smallest absolute Gasteiger partial charge is 0.107 e. The molecule has 0 radical (unpaired) electrons. The van der Waals surface area contributed by atoms with Crippen LogP contribution in [-0.4, -0.2) is 43.0 Å². The van der Waals surface area contributed by atoms with Crippen molar-refractivity contribution in [2.75, 3.05) is 26.8 Å². The van der Waals surface area contributed by atoms with E-state index in [1.54, 1.807) is 0 Å². The van der Waals surface area contributed by atoms with Gasteiger partial charge in [-0.05, 0) is 20.4 Å². The predicted molar refractivity (Wildman–Crippen MR) is 115 cm³/mol. The van der Waals surface area contributed by atoms with Crippen LogP contribution in [0.4, 0.5) is 0 Å². The Labute approximate surface area is 164 Å². The second-order valence-corrected chi connectivity index (χ2v) is 7.98. The summed E-state index contributed by atoms with van der Waals surface area (Å²) < 4.78 is 5.51. The van der Waals surface area contributed by atoms with E-state index < -0.39 is 0 Å². The summed E-state index contributed by atoms with van der Waals surface area (Å²) >= 11 is 0. The van der Waals surface area contributed by atoms with Crippen LogP contribution >= 0.6 is 0 Å². The molecule has 0 heterocycles. The van der Waals surface area contributed by atoms with Crippen LogP contribution in [-0.2, 0) is 4.74 Å². The van der Waals surface area contributed by atoms with E-state index in [-0.39, 0.29) is 12.8 Å². The molecule has 26 heavy (non-hydrogen) atoms. The maximum atomic E-state index is 8.78. The van der Waals surface area contributed by atoms with Crippen molar-refractivity contribution in [3.8, 4) is 0 Å². The minimum atomic E-state index is 0.108. The van der Waals surface area contributed by atoms with Crippen LogP contribution in [0.2, 0.25) is 0 Å². The zero-order valence-electron chi connectivity index (χ0n) is 18.3. The summed E-state index contributed by atoms with van der Waals surface area (Å²) in [4.78, 5) is 2.24. The van der Waals surface area contributed by atoms with Gasteiger partial charge in [0.1, 0.15) is 6.23 Å². The molecule has 0 aliphatic carbocycles. The van der Waals surface area contributed by atoms with Gasteiger partial charge in [0.25, 0.3) is 0 Å². The van der Waals surface area contributed by atoms with Crippen LogP contribution in [0.15, 0.2) is 0 Å².